The van der Waals surface area contributed by atoms with Crippen molar-refractivity contribution in [2.75, 3.05) is 19.0 Å². The SMILES string of the molecule is COc1ccc(C2(C)NC(=O)N(CC(=O)Nc3ccc(F)cc3)C2=O)cc1. The highest BCUT2D eigenvalue weighted by Crippen LogP contribution is 2.30. The van der Waals surface area contributed by atoms with E-state index in [1.54, 1.807) is 31.2 Å². The third-order valence-corrected chi connectivity index (χ3v) is 4.37. The molecule has 0 spiro atoms. The second-order valence-corrected chi connectivity index (χ2v) is 6.23. The van der Waals surface area contributed by atoms with Gasteiger partial charge in [-0.05, 0) is 48.9 Å². The van der Waals surface area contributed by atoms with Crippen molar-refractivity contribution in [3.8, 4) is 5.75 Å². The van der Waals surface area contributed by atoms with Crippen molar-refractivity contribution in [2.24, 2.45) is 0 Å². The van der Waals surface area contributed by atoms with Gasteiger partial charge in [-0.25, -0.2) is 9.18 Å². The third kappa shape index (κ3) is 3.59. The van der Waals surface area contributed by atoms with Gasteiger partial charge in [-0.3, -0.25) is 14.5 Å². The molecule has 140 valence electrons. The van der Waals surface area contributed by atoms with Gasteiger partial charge in [0.15, 0.2) is 0 Å². The number of hydrogen-bond donors (Lipinski definition) is 2. The van der Waals surface area contributed by atoms with Crippen LogP contribution in [0.3, 0.4) is 0 Å². The van der Waals surface area contributed by atoms with Gasteiger partial charge in [0.25, 0.3) is 5.91 Å². The zero-order valence-electron chi connectivity index (χ0n) is 14.8. The number of anilines is 1. The van der Waals surface area contributed by atoms with Gasteiger partial charge in [0.2, 0.25) is 5.91 Å². The summed E-state index contributed by atoms with van der Waals surface area (Å²) in [4.78, 5) is 38.1. The topological polar surface area (TPSA) is 87.7 Å². The molecule has 7 nitrogen and oxygen atoms in total. The molecule has 0 saturated carbocycles. The summed E-state index contributed by atoms with van der Waals surface area (Å²) in [6, 6.07) is 11.2. The number of carbonyl (C=O) groups is 3. The zero-order valence-corrected chi connectivity index (χ0v) is 14.8. The quantitative estimate of drug-likeness (QED) is 0.789. The molecule has 2 N–H and O–H groups in total. The van der Waals surface area contributed by atoms with Crippen LogP contribution in [0.5, 0.6) is 5.75 Å². The van der Waals surface area contributed by atoms with Gasteiger partial charge in [0.1, 0.15) is 23.7 Å². The van der Waals surface area contributed by atoms with Crippen LogP contribution >= 0.6 is 0 Å². The first-order valence-corrected chi connectivity index (χ1v) is 8.17. The lowest BCUT2D eigenvalue weighted by Gasteiger charge is -2.22. The van der Waals surface area contributed by atoms with Crippen LogP contribution in [0.2, 0.25) is 0 Å². The van der Waals surface area contributed by atoms with Crippen molar-refractivity contribution < 1.29 is 23.5 Å². The Kier molecular flexibility index (Phi) is 4.81. The largest absolute Gasteiger partial charge is 0.497 e. The molecule has 1 fully saturated rings. The number of urea groups is 1. The molecule has 1 unspecified atom stereocenters. The number of rotatable bonds is 5. The molecule has 2 aromatic rings. The second kappa shape index (κ2) is 7.06. The highest BCUT2D eigenvalue weighted by molar-refractivity contribution is 6.10. The van der Waals surface area contributed by atoms with E-state index in [4.69, 9.17) is 4.74 Å². The Bertz CT molecular complexity index is 883. The van der Waals surface area contributed by atoms with E-state index in [0.717, 1.165) is 4.90 Å². The summed E-state index contributed by atoms with van der Waals surface area (Å²) >= 11 is 0. The molecule has 0 radical (unpaired) electrons. The van der Waals surface area contributed by atoms with Crippen molar-refractivity contribution in [3.05, 3.63) is 59.9 Å². The maximum atomic E-state index is 12.9. The lowest BCUT2D eigenvalue weighted by Crippen LogP contribution is -2.42. The van der Waals surface area contributed by atoms with Gasteiger partial charge in [-0.15, -0.1) is 0 Å². The molecule has 8 heteroatoms. The fraction of sp³-hybridized carbons (Fsp3) is 0.211. The monoisotopic (exact) mass is 371 g/mol. The van der Waals surface area contributed by atoms with E-state index in [1.807, 2.05) is 0 Å². The van der Waals surface area contributed by atoms with Gasteiger partial charge in [-0.2, -0.15) is 0 Å². The number of nitrogens with zero attached hydrogens (tertiary/aromatic N) is 1. The number of benzene rings is 2. The normalized spacial score (nSPS) is 19.0. The van der Waals surface area contributed by atoms with E-state index in [1.165, 1.54) is 31.4 Å². The molecule has 4 amide bonds. The summed E-state index contributed by atoms with van der Waals surface area (Å²) in [6.45, 7) is 1.13. The van der Waals surface area contributed by atoms with Crippen LogP contribution in [0.25, 0.3) is 0 Å². The van der Waals surface area contributed by atoms with Crippen molar-refractivity contribution in [2.45, 2.75) is 12.5 Å². The van der Waals surface area contributed by atoms with Crippen LogP contribution < -0.4 is 15.4 Å². The van der Waals surface area contributed by atoms with Crippen LogP contribution in [-0.4, -0.2) is 36.4 Å². The molecule has 1 atom stereocenters. The lowest BCUT2D eigenvalue weighted by molar-refractivity contribution is -0.133. The summed E-state index contributed by atoms with van der Waals surface area (Å²) < 4.78 is 18.0. The van der Waals surface area contributed by atoms with Crippen LogP contribution in [-0.2, 0) is 15.1 Å². The number of hydrogen-bond acceptors (Lipinski definition) is 4. The lowest BCUT2D eigenvalue weighted by atomic mass is 9.92. The summed E-state index contributed by atoms with van der Waals surface area (Å²) in [5, 5.41) is 5.15. The predicted molar refractivity (Wildman–Crippen MR) is 95.6 cm³/mol. The average molecular weight is 371 g/mol. The van der Waals surface area contributed by atoms with Gasteiger partial charge in [0.05, 0.1) is 7.11 Å². The summed E-state index contributed by atoms with van der Waals surface area (Å²) in [5.41, 5.74) is -0.339. The highest BCUT2D eigenvalue weighted by Gasteiger charge is 2.49. The fourth-order valence-corrected chi connectivity index (χ4v) is 2.84. The molecule has 1 aliphatic rings. The molecule has 2 aromatic carbocycles. The first-order chi connectivity index (χ1) is 12.8. The summed E-state index contributed by atoms with van der Waals surface area (Å²) in [6.07, 6.45) is 0. The fourth-order valence-electron chi connectivity index (χ4n) is 2.84. The van der Waals surface area contributed by atoms with Crippen molar-refractivity contribution >= 4 is 23.5 Å². The molecule has 1 aliphatic heterocycles. The first-order valence-electron chi connectivity index (χ1n) is 8.17. The Hall–Kier alpha value is -3.42. The van der Waals surface area contributed by atoms with E-state index in [-0.39, 0.29) is 0 Å². The van der Waals surface area contributed by atoms with E-state index in [2.05, 4.69) is 10.6 Å². The minimum absolute atomic E-state index is 0.367. The Morgan fingerprint density at radius 2 is 1.78 bits per heavy atom. The van der Waals surface area contributed by atoms with Crippen LogP contribution in [0.4, 0.5) is 14.9 Å². The van der Waals surface area contributed by atoms with E-state index in [0.29, 0.717) is 17.0 Å². The Labute approximate surface area is 155 Å². The van der Waals surface area contributed by atoms with E-state index < -0.39 is 35.7 Å². The molecule has 0 aromatic heterocycles. The maximum absolute atomic E-state index is 12.9. The molecule has 27 heavy (non-hydrogen) atoms. The molecular formula is C19H18FN3O4. The standard InChI is InChI=1S/C19H18FN3O4/c1-19(12-3-9-15(27-2)10-4-12)17(25)23(18(26)22-19)11-16(24)21-14-7-5-13(20)6-8-14/h3-10H,11H2,1-2H3,(H,21,24)(H,22,26). The number of ether oxygens (including phenoxy) is 1. The molecule has 0 bridgehead atoms. The van der Waals surface area contributed by atoms with Crippen molar-refractivity contribution in [3.63, 3.8) is 0 Å². The minimum Gasteiger partial charge on any atom is -0.497 e. The van der Waals surface area contributed by atoms with E-state index in [9.17, 15) is 18.8 Å². The predicted octanol–water partition coefficient (Wildman–Crippen LogP) is 2.24. The Morgan fingerprint density at radius 3 is 2.37 bits per heavy atom. The van der Waals surface area contributed by atoms with Crippen LogP contribution in [0.15, 0.2) is 48.5 Å². The van der Waals surface area contributed by atoms with Crippen molar-refractivity contribution in [1.82, 2.24) is 10.2 Å². The number of nitrogens with one attached hydrogen (secondary N) is 2. The number of amides is 4. The Balaban J connectivity index is 1.73. The average Bonchev–Trinajstić information content (AvgIpc) is 2.88. The van der Waals surface area contributed by atoms with Gasteiger partial charge < -0.3 is 15.4 Å². The Morgan fingerprint density at radius 1 is 1.15 bits per heavy atom. The summed E-state index contributed by atoms with van der Waals surface area (Å²) in [7, 11) is 1.53. The molecule has 3 rings (SSSR count). The number of imide groups is 1. The van der Waals surface area contributed by atoms with Crippen LogP contribution in [0.1, 0.15) is 12.5 Å². The zero-order chi connectivity index (χ0) is 19.6. The highest BCUT2D eigenvalue weighted by atomic mass is 19.1. The third-order valence-electron chi connectivity index (χ3n) is 4.37. The van der Waals surface area contributed by atoms with Crippen molar-refractivity contribution in [1.29, 1.82) is 0 Å². The molecule has 1 heterocycles. The number of halogens is 1. The number of methoxy groups -OCH3 is 1. The molecular weight excluding hydrogens is 353 g/mol. The van der Waals surface area contributed by atoms with E-state index >= 15 is 0 Å². The van der Waals surface area contributed by atoms with Crippen LogP contribution in [0, 0.1) is 5.82 Å². The first kappa shape index (κ1) is 18.4. The number of carbonyl (C=O) groups excluding carboxylic acids is 3. The minimum atomic E-state index is -1.28. The molecule has 0 aliphatic carbocycles. The molecule has 1 saturated heterocycles. The van der Waals surface area contributed by atoms with Gasteiger partial charge >= 0.3 is 6.03 Å². The maximum Gasteiger partial charge on any atom is 0.325 e. The second-order valence-electron chi connectivity index (χ2n) is 6.23. The van der Waals surface area contributed by atoms with Gasteiger partial charge in [-0.1, -0.05) is 12.1 Å². The van der Waals surface area contributed by atoms with Gasteiger partial charge in [0, 0.05) is 5.69 Å². The summed E-state index contributed by atoms with van der Waals surface area (Å²) in [5.74, 6) is -0.914. The smallest absolute Gasteiger partial charge is 0.325 e.